The summed E-state index contributed by atoms with van der Waals surface area (Å²) in [5.41, 5.74) is 7.25. The summed E-state index contributed by atoms with van der Waals surface area (Å²) >= 11 is 7.62. The summed E-state index contributed by atoms with van der Waals surface area (Å²) in [5, 5.41) is 0. The first-order valence-corrected chi connectivity index (χ1v) is 6.25. The SMILES string of the molecule is CCC(C)CC(N)c1cc(C)c(Cl)s1. The maximum absolute atomic E-state index is 6.11. The second-order valence-electron chi connectivity index (χ2n) is 3.96. The van der Waals surface area contributed by atoms with Crippen molar-refractivity contribution in [1.82, 2.24) is 0 Å². The lowest BCUT2D eigenvalue weighted by Gasteiger charge is -2.14. The molecule has 0 aliphatic rings. The summed E-state index contributed by atoms with van der Waals surface area (Å²) in [5.74, 6) is 0.686. The fraction of sp³-hybridized carbons (Fsp3) is 0.636. The minimum Gasteiger partial charge on any atom is -0.323 e. The monoisotopic (exact) mass is 231 g/mol. The summed E-state index contributed by atoms with van der Waals surface area (Å²) in [6.45, 7) is 6.46. The van der Waals surface area contributed by atoms with Gasteiger partial charge in [0, 0.05) is 10.9 Å². The lowest BCUT2D eigenvalue weighted by atomic mass is 9.99. The molecule has 0 saturated heterocycles. The molecule has 1 aromatic heterocycles. The van der Waals surface area contributed by atoms with Crippen LogP contribution in [0.4, 0.5) is 0 Å². The van der Waals surface area contributed by atoms with Crippen molar-refractivity contribution < 1.29 is 0 Å². The Bertz CT molecular complexity index is 276. The van der Waals surface area contributed by atoms with Crippen LogP contribution in [-0.4, -0.2) is 0 Å². The van der Waals surface area contributed by atoms with Crippen molar-refractivity contribution in [2.45, 2.75) is 39.7 Å². The molecular weight excluding hydrogens is 214 g/mol. The van der Waals surface area contributed by atoms with Crippen LogP contribution in [0.1, 0.15) is 43.2 Å². The summed E-state index contributed by atoms with van der Waals surface area (Å²) in [6, 6.07) is 2.26. The molecule has 2 unspecified atom stereocenters. The Morgan fingerprint density at radius 3 is 2.64 bits per heavy atom. The topological polar surface area (TPSA) is 26.0 Å². The molecule has 3 heteroatoms. The predicted molar refractivity (Wildman–Crippen MR) is 65.1 cm³/mol. The quantitative estimate of drug-likeness (QED) is 0.828. The van der Waals surface area contributed by atoms with E-state index in [4.69, 9.17) is 17.3 Å². The summed E-state index contributed by atoms with van der Waals surface area (Å²) in [6.07, 6.45) is 2.23. The standard InChI is InChI=1S/C11H18ClNS/c1-4-7(2)5-9(13)10-6-8(3)11(12)14-10/h6-7,9H,4-5,13H2,1-3H3. The number of hydrogen-bond donors (Lipinski definition) is 1. The molecule has 0 aliphatic heterocycles. The first-order valence-electron chi connectivity index (χ1n) is 5.06. The van der Waals surface area contributed by atoms with E-state index in [0.29, 0.717) is 5.92 Å². The molecule has 0 amide bonds. The van der Waals surface area contributed by atoms with Gasteiger partial charge in [-0.1, -0.05) is 31.9 Å². The Morgan fingerprint density at radius 1 is 1.57 bits per heavy atom. The highest BCUT2D eigenvalue weighted by atomic mass is 35.5. The molecule has 0 aliphatic carbocycles. The molecule has 1 rings (SSSR count). The minimum absolute atomic E-state index is 0.154. The van der Waals surface area contributed by atoms with Gasteiger partial charge in [0.05, 0.1) is 4.34 Å². The molecule has 2 N–H and O–H groups in total. The highest BCUT2D eigenvalue weighted by molar-refractivity contribution is 7.16. The van der Waals surface area contributed by atoms with Crippen molar-refractivity contribution in [2.24, 2.45) is 11.7 Å². The maximum atomic E-state index is 6.11. The number of halogens is 1. The predicted octanol–water partition coefficient (Wildman–Crippen LogP) is 4.15. The molecule has 0 bridgehead atoms. The van der Waals surface area contributed by atoms with Crippen LogP contribution in [-0.2, 0) is 0 Å². The van der Waals surface area contributed by atoms with E-state index in [1.807, 2.05) is 6.92 Å². The van der Waals surface area contributed by atoms with Crippen LogP contribution < -0.4 is 5.73 Å². The van der Waals surface area contributed by atoms with Crippen LogP contribution in [0.25, 0.3) is 0 Å². The molecule has 14 heavy (non-hydrogen) atoms. The van der Waals surface area contributed by atoms with Crippen molar-refractivity contribution in [3.8, 4) is 0 Å². The fourth-order valence-electron chi connectivity index (χ4n) is 1.38. The van der Waals surface area contributed by atoms with Crippen LogP contribution in [0.2, 0.25) is 4.34 Å². The van der Waals surface area contributed by atoms with Crippen molar-refractivity contribution in [1.29, 1.82) is 0 Å². The first-order chi connectivity index (χ1) is 6.54. The Kier molecular flexibility index (Phi) is 4.42. The molecule has 80 valence electrons. The smallest absolute Gasteiger partial charge is 0.0960 e. The lowest BCUT2D eigenvalue weighted by molar-refractivity contribution is 0.465. The normalized spacial score (nSPS) is 15.5. The van der Waals surface area contributed by atoms with Gasteiger partial charge in [0.1, 0.15) is 0 Å². The Hall–Kier alpha value is -0.0500. The third-order valence-electron chi connectivity index (χ3n) is 2.59. The molecule has 1 nitrogen and oxygen atoms in total. The highest BCUT2D eigenvalue weighted by Crippen LogP contribution is 2.32. The summed E-state index contributed by atoms with van der Waals surface area (Å²) in [4.78, 5) is 1.22. The average molecular weight is 232 g/mol. The van der Waals surface area contributed by atoms with E-state index in [0.717, 1.165) is 16.3 Å². The number of thiophene rings is 1. The van der Waals surface area contributed by atoms with E-state index in [1.54, 1.807) is 11.3 Å². The molecule has 0 fully saturated rings. The minimum atomic E-state index is 0.154. The van der Waals surface area contributed by atoms with E-state index in [9.17, 15) is 0 Å². The van der Waals surface area contributed by atoms with Crippen molar-refractivity contribution >= 4 is 22.9 Å². The van der Waals surface area contributed by atoms with Crippen LogP contribution in [0.5, 0.6) is 0 Å². The van der Waals surface area contributed by atoms with Gasteiger partial charge in [-0.3, -0.25) is 0 Å². The van der Waals surface area contributed by atoms with Gasteiger partial charge in [0.15, 0.2) is 0 Å². The van der Waals surface area contributed by atoms with Crippen molar-refractivity contribution in [3.63, 3.8) is 0 Å². The zero-order chi connectivity index (χ0) is 10.7. The third-order valence-corrected chi connectivity index (χ3v) is 4.28. The van der Waals surface area contributed by atoms with Crippen LogP contribution in [0.3, 0.4) is 0 Å². The van der Waals surface area contributed by atoms with Gasteiger partial charge in [0.25, 0.3) is 0 Å². The van der Waals surface area contributed by atoms with Crippen molar-refractivity contribution in [2.75, 3.05) is 0 Å². The van der Waals surface area contributed by atoms with E-state index in [-0.39, 0.29) is 6.04 Å². The number of rotatable bonds is 4. The molecule has 2 atom stereocenters. The highest BCUT2D eigenvalue weighted by Gasteiger charge is 2.13. The van der Waals surface area contributed by atoms with Crippen molar-refractivity contribution in [3.05, 3.63) is 20.8 Å². The number of hydrogen-bond acceptors (Lipinski definition) is 2. The Balaban J connectivity index is 2.64. The summed E-state index contributed by atoms with van der Waals surface area (Å²) in [7, 11) is 0. The van der Waals surface area contributed by atoms with Crippen LogP contribution >= 0.6 is 22.9 Å². The summed E-state index contributed by atoms with van der Waals surface area (Å²) < 4.78 is 0.875. The molecular formula is C11H18ClNS. The Morgan fingerprint density at radius 2 is 2.21 bits per heavy atom. The zero-order valence-corrected chi connectivity index (χ0v) is 10.6. The molecule has 0 aromatic carbocycles. The molecule has 1 aromatic rings. The van der Waals surface area contributed by atoms with Gasteiger partial charge in [-0.25, -0.2) is 0 Å². The largest absolute Gasteiger partial charge is 0.323 e. The first kappa shape index (κ1) is 12.0. The molecule has 0 spiro atoms. The van der Waals surface area contributed by atoms with E-state index in [1.165, 1.54) is 11.3 Å². The second-order valence-corrected chi connectivity index (χ2v) is 5.65. The van der Waals surface area contributed by atoms with E-state index in [2.05, 4.69) is 19.9 Å². The lowest BCUT2D eigenvalue weighted by Crippen LogP contribution is -2.12. The maximum Gasteiger partial charge on any atom is 0.0960 e. The molecule has 0 saturated carbocycles. The van der Waals surface area contributed by atoms with Gasteiger partial charge in [-0.15, -0.1) is 11.3 Å². The van der Waals surface area contributed by atoms with Crippen LogP contribution in [0.15, 0.2) is 6.07 Å². The van der Waals surface area contributed by atoms with Crippen LogP contribution in [0, 0.1) is 12.8 Å². The molecule has 0 radical (unpaired) electrons. The zero-order valence-electron chi connectivity index (χ0n) is 9.01. The van der Waals surface area contributed by atoms with Gasteiger partial charge in [-0.2, -0.15) is 0 Å². The van der Waals surface area contributed by atoms with Gasteiger partial charge < -0.3 is 5.73 Å². The third kappa shape index (κ3) is 2.97. The second kappa shape index (κ2) is 5.15. The van der Waals surface area contributed by atoms with E-state index < -0.39 is 0 Å². The Labute approximate surface area is 95.3 Å². The number of nitrogens with two attached hydrogens (primary N) is 1. The average Bonchev–Trinajstić information content (AvgIpc) is 2.47. The van der Waals surface area contributed by atoms with Gasteiger partial charge >= 0.3 is 0 Å². The number of aryl methyl sites for hydroxylation is 1. The van der Waals surface area contributed by atoms with Gasteiger partial charge in [-0.05, 0) is 30.9 Å². The van der Waals surface area contributed by atoms with Gasteiger partial charge in [0.2, 0.25) is 0 Å². The van der Waals surface area contributed by atoms with E-state index >= 15 is 0 Å². The molecule has 1 heterocycles. The fourth-order valence-corrected chi connectivity index (χ4v) is 2.61.